The minimum atomic E-state index is -1.17. The lowest BCUT2D eigenvalue weighted by Gasteiger charge is -2.22. The number of rotatable bonds is 4. The number of hydrogen-bond acceptors (Lipinski definition) is 5. The summed E-state index contributed by atoms with van der Waals surface area (Å²) in [5.41, 5.74) is 0.844. The largest absolute Gasteiger partial charge is 0.480 e. The Kier molecular flexibility index (Phi) is 5.46. The minimum absolute atomic E-state index is 0.0497. The molecule has 7 nitrogen and oxygen atoms in total. The quantitative estimate of drug-likeness (QED) is 0.876. The SMILES string of the molecule is Cc1cc(C[C@H](NC(=O)OC(C)(C)C)C(=O)O)cnc1C#N. The molecular weight excluding hydrogens is 286 g/mol. The Bertz CT molecular complexity index is 614. The molecule has 1 heterocycles. The highest BCUT2D eigenvalue weighted by Crippen LogP contribution is 2.11. The van der Waals surface area contributed by atoms with Gasteiger partial charge in [0.2, 0.25) is 0 Å². The van der Waals surface area contributed by atoms with Gasteiger partial charge in [-0.15, -0.1) is 0 Å². The molecule has 0 spiro atoms. The number of pyridine rings is 1. The molecule has 118 valence electrons. The maximum atomic E-state index is 11.7. The Balaban J connectivity index is 2.81. The molecule has 1 aromatic rings. The Morgan fingerprint density at radius 1 is 1.50 bits per heavy atom. The third kappa shape index (κ3) is 5.40. The molecule has 1 rings (SSSR count). The van der Waals surface area contributed by atoms with Crippen molar-refractivity contribution in [3.8, 4) is 6.07 Å². The molecule has 1 atom stereocenters. The Hall–Kier alpha value is -2.62. The third-order valence-electron chi connectivity index (χ3n) is 2.67. The van der Waals surface area contributed by atoms with E-state index in [1.807, 2.05) is 6.07 Å². The fourth-order valence-electron chi connectivity index (χ4n) is 1.75. The van der Waals surface area contributed by atoms with Gasteiger partial charge in [-0.2, -0.15) is 5.26 Å². The summed E-state index contributed by atoms with van der Waals surface area (Å²) in [5.74, 6) is -1.17. The van der Waals surface area contributed by atoms with Crippen LogP contribution >= 0.6 is 0 Å². The number of nitrogens with one attached hydrogen (secondary N) is 1. The normalized spacial score (nSPS) is 12.1. The standard InChI is InChI=1S/C15H19N3O4/c1-9-5-10(8-17-12(9)7-16)6-11(13(19)20)18-14(21)22-15(2,3)4/h5,8,11H,6H2,1-4H3,(H,18,21)(H,19,20)/t11-/m0/s1. The lowest BCUT2D eigenvalue weighted by Crippen LogP contribution is -2.44. The van der Waals surface area contributed by atoms with Gasteiger partial charge in [0.25, 0.3) is 0 Å². The Morgan fingerprint density at radius 2 is 2.14 bits per heavy atom. The number of carbonyl (C=O) groups is 2. The lowest BCUT2D eigenvalue weighted by molar-refractivity contribution is -0.139. The van der Waals surface area contributed by atoms with Gasteiger partial charge in [0, 0.05) is 12.6 Å². The van der Waals surface area contributed by atoms with Crippen LogP contribution in [0, 0.1) is 18.3 Å². The molecule has 0 aliphatic carbocycles. The molecular formula is C15H19N3O4. The number of aliphatic carboxylic acids is 1. The highest BCUT2D eigenvalue weighted by Gasteiger charge is 2.24. The van der Waals surface area contributed by atoms with Crippen LogP contribution < -0.4 is 5.32 Å². The number of amides is 1. The van der Waals surface area contributed by atoms with Gasteiger partial charge in [0.05, 0.1) is 0 Å². The number of aromatic nitrogens is 1. The Labute approximate surface area is 128 Å². The highest BCUT2D eigenvalue weighted by atomic mass is 16.6. The highest BCUT2D eigenvalue weighted by molar-refractivity contribution is 5.80. The smallest absolute Gasteiger partial charge is 0.408 e. The maximum Gasteiger partial charge on any atom is 0.408 e. The molecule has 0 aliphatic rings. The van der Waals surface area contributed by atoms with E-state index in [0.717, 1.165) is 0 Å². The third-order valence-corrected chi connectivity index (χ3v) is 2.67. The molecule has 1 amide bonds. The summed E-state index contributed by atoms with van der Waals surface area (Å²) in [6.45, 7) is 6.79. The van der Waals surface area contributed by atoms with E-state index >= 15 is 0 Å². The predicted molar refractivity (Wildman–Crippen MR) is 78.2 cm³/mol. The van der Waals surface area contributed by atoms with E-state index in [2.05, 4.69) is 10.3 Å². The van der Waals surface area contributed by atoms with Crippen molar-refractivity contribution in [1.29, 1.82) is 5.26 Å². The fourth-order valence-corrected chi connectivity index (χ4v) is 1.75. The minimum Gasteiger partial charge on any atom is -0.480 e. The van der Waals surface area contributed by atoms with E-state index < -0.39 is 23.7 Å². The number of aryl methyl sites for hydroxylation is 1. The molecule has 0 aromatic carbocycles. The molecule has 0 saturated carbocycles. The van der Waals surface area contributed by atoms with Gasteiger partial charge in [0.15, 0.2) is 0 Å². The van der Waals surface area contributed by atoms with Gasteiger partial charge < -0.3 is 15.2 Å². The summed E-state index contributed by atoms with van der Waals surface area (Å²) in [7, 11) is 0. The monoisotopic (exact) mass is 305 g/mol. The second-order valence-electron chi connectivity index (χ2n) is 5.86. The second kappa shape index (κ2) is 6.89. The van der Waals surface area contributed by atoms with Crippen LogP contribution in [0.15, 0.2) is 12.3 Å². The van der Waals surface area contributed by atoms with Gasteiger partial charge in [-0.1, -0.05) is 6.07 Å². The first-order valence-corrected chi connectivity index (χ1v) is 6.70. The molecule has 0 radical (unpaired) electrons. The number of alkyl carbamates (subject to hydrolysis) is 1. The van der Waals surface area contributed by atoms with E-state index in [-0.39, 0.29) is 12.1 Å². The van der Waals surface area contributed by atoms with Gasteiger partial charge in [0.1, 0.15) is 23.4 Å². The molecule has 0 bridgehead atoms. The van der Waals surface area contributed by atoms with Crippen molar-refractivity contribution in [1.82, 2.24) is 10.3 Å². The van der Waals surface area contributed by atoms with Gasteiger partial charge in [-0.3, -0.25) is 0 Å². The van der Waals surface area contributed by atoms with Crippen molar-refractivity contribution < 1.29 is 19.4 Å². The summed E-state index contributed by atoms with van der Waals surface area (Å²) < 4.78 is 5.04. The first-order valence-electron chi connectivity index (χ1n) is 6.70. The molecule has 0 aliphatic heterocycles. The molecule has 7 heteroatoms. The van der Waals surface area contributed by atoms with Crippen LogP contribution in [-0.2, 0) is 16.0 Å². The van der Waals surface area contributed by atoms with Crippen molar-refractivity contribution in [2.75, 3.05) is 0 Å². The zero-order valence-corrected chi connectivity index (χ0v) is 13.0. The van der Waals surface area contributed by atoms with E-state index in [9.17, 15) is 14.7 Å². The van der Waals surface area contributed by atoms with Crippen LogP contribution in [0.5, 0.6) is 0 Å². The molecule has 22 heavy (non-hydrogen) atoms. The summed E-state index contributed by atoms with van der Waals surface area (Å²) in [4.78, 5) is 26.9. The van der Waals surface area contributed by atoms with Crippen LogP contribution in [0.25, 0.3) is 0 Å². The average molecular weight is 305 g/mol. The van der Waals surface area contributed by atoms with Crippen molar-refractivity contribution in [3.05, 3.63) is 29.1 Å². The van der Waals surface area contributed by atoms with Crippen LogP contribution in [-0.4, -0.2) is 33.8 Å². The zero-order chi connectivity index (χ0) is 16.9. The number of carboxylic acids is 1. The van der Waals surface area contributed by atoms with Crippen molar-refractivity contribution >= 4 is 12.1 Å². The average Bonchev–Trinajstić information content (AvgIpc) is 2.35. The summed E-state index contributed by atoms with van der Waals surface area (Å²) in [5, 5.41) is 20.4. The van der Waals surface area contributed by atoms with Gasteiger partial charge in [-0.25, -0.2) is 14.6 Å². The van der Waals surface area contributed by atoms with E-state index in [4.69, 9.17) is 10.00 Å². The maximum absolute atomic E-state index is 11.7. The molecule has 0 unspecified atom stereocenters. The van der Waals surface area contributed by atoms with Crippen LogP contribution in [0.2, 0.25) is 0 Å². The van der Waals surface area contributed by atoms with E-state index in [0.29, 0.717) is 11.1 Å². The van der Waals surface area contributed by atoms with E-state index in [1.165, 1.54) is 6.20 Å². The van der Waals surface area contributed by atoms with Gasteiger partial charge >= 0.3 is 12.1 Å². The molecule has 0 fully saturated rings. The molecule has 2 N–H and O–H groups in total. The van der Waals surface area contributed by atoms with Gasteiger partial charge in [-0.05, 0) is 38.8 Å². The number of nitriles is 1. The summed E-state index contributed by atoms with van der Waals surface area (Å²) >= 11 is 0. The Morgan fingerprint density at radius 3 is 2.59 bits per heavy atom. The topological polar surface area (TPSA) is 112 Å². The summed E-state index contributed by atoms with van der Waals surface area (Å²) in [6.07, 6.45) is 0.685. The van der Waals surface area contributed by atoms with Crippen LogP contribution in [0.1, 0.15) is 37.6 Å². The number of hydrogen-bond donors (Lipinski definition) is 2. The summed E-state index contributed by atoms with van der Waals surface area (Å²) in [6, 6.07) is 2.48. The number of carboxylic acid groups (broad SMARTS) is 1. The second-order valence-corrected chi connectivity index (χ2v) is 5.86. The van der Waals surface area contributed by atoms with Crippen molar-refractivity contribution in [2.45, 2.75) is 45.8 Å². The number of nitrogens with zero attached hydrogens (tertiary/aromatic N) is 2. The van der Waals surface area contributed by atoms with Crippen molar-refractivity contribution in [2.24, 2.45) is 0 Å². The van der Waals surface area contributed by atoms with Crippen LogP contribution in [0.3, 0.4) is 0 Å². The van der Waals surface area contributed by atoms with Crippen LogP contribution in [0.4, 0.5) is 4.79 Å². The number of ether oxygens (including phenoxy) is 1. The molecule has 1 aromatic heterocycles. The fraction of sp³-hybridized carbons (Fsp3) is 0.467. The predicted octanol–water partition coefficient (Wildman–Crippen LogP) is 1.78. The number of carbonyl (C=O) groups excluding carboxylic acids is 1. The zero-order valence-electron chi connectivity index (χ0n) is 13.0. The lowest BCUT2D eigenvalue weighted by atomic mass is 10.1. The van der Waals surface area contributed by atoms with E-state index in [1.54, 1.807) is 33.8 Å². The first kappa shape index (κ1) is 17.4. The first-order chi connectivity index (χ1) is 10.1. The molecule has 0 saturated heterocycles. The van der Waals surface area contributed by atoms with Crippen molar-refractivity contribution in [3.63, 3.8) is 0 Å².